The number of aromatic nitrogens is 1. The maximum Gasteiger partial charge on any atom is 0.228 e. The largest absolute Gasteiger partial charge is 0.281 e. The lowest BCUT2D eigenvalue weighted by molar-refractivity contribution is -0.115. The minimum atomic E-state index is -0.0389. The number of amides is 1. The number of rotatable bonds is 3. The quantitative estimate of drug-likeness (QED) is 0.722. The molecule has 3 heteroatoms. The van der Waals surface area contributed by atoms with Gasteiger partial charge in [-0.15, -0.1) is 0 Å². The van der Waals surface area contributed by atoms with Gasteiger partial charge in [-0.25, -0.2) is 0 Å². The molecule has 0 aliphatic rings. The van der Waals surface area contributed by atoms with E-state index in [0.717, 1.165) is 22.5 Å². The summed E-state index contributed by atoms with van der Waals surface area (Å²) in [6.07, 6.45) is 3.54. The summed E-state index contributed by atoms with van der Waals surface area (Å²) >= 11 is 0. The Hall–Kier alpha value is -2.94. The van der Waals surface area contributed by atoms with Gasteiger partial charge in [0, 0.05) is 30.6 Å². The number of anilines is 2. The van der Waals surface area contributed by atoms with E-state index in [1.165, 1.54) is 0 Å². The van der Waals surface area contributed by atoms with Crippen molar-refractivity contribution in [3.05, 3.63) is 79.1 Å². The number of hydrogen-bond acceptors (Lipinski definition) is 2. The SMILES string of the molecule is CC(=O)N(c1ccccc1)c1c[c]cc(-c2cccnc2)c1. The van der Waals surface area contributed by atoms with E-state index in [9.17, 15) is 4.79 Å². The van der Waals surface area contributed by atoms with Crippen LogP contribution < -0.4 is 4.90 Å². The van der Waals surface area contributed by atoms with Gasteiger partial charge in [0.05, 0.1) is 5.69 Å². The molecule has 22 heavy (non-hydrogen) atoms. The van der Waals surface area contributed by atoms with Crippen molar-refractivity contribution in [1.82, 2.24) is 4.98 Å². The van der Waals surface area contributed by atoms with Crippen molar-refractivity contribution in [2.75, 3.05) is 4.90 Å². The van der Waals surface area contributed by atoms with Crippen LogP contribution in [0, 0.1) is 6.07 Å². The van der Waals surface area contributed by atoms with E-state index in [-0.39, 0.29) is 5.91 Å². The van der Waals surface area contributed by atoms with Crippen LogP contribution in [0.4, 0.5) is 11.4 Å². The molecule has 3 nitrogen and oxygen atoms in total. The van der Waals surface area contributed by atoms with Crippen LogP contribution >= 0.6 is 0 Å². The van der Waals surface area contributed by atoms with Crippen LogP contribution in [0.15, 0.2) is 73.1 Å². The first-order valence-corrected chi connectivity index (χ1v) is 7.03. The molecule has 0 unspecified atom stereocenters. The summed E-state index contributed by atoms with van der Waals surface area (Å²) in [4.78, 5) is 17.9. The zero-order chi connectivity index (χ0) is 15.4. The van der Waals surface area contributed by atoms with Gasteiger partial charge in [0.1, 0.15) is 0 Å². The Kier molecular flexibility index (Phi) is 3.97. The van der Waals surface area contributed by atoms with Crippen molar-refractivity contribution in [1.29, 1.82) is 0 Å². The predicted octanol–water partition coefficient (Wildman–Crippen LogP) is 4.23. The third-order valence-corrected chi connectivity index (χ3v) is 3.36. The van der Waals surface area contributed by atoms with E-state index in [4.69, 9.17) is 0 Å². The fourth-order valence-corrected chi connectivity index (χ4v) is 2.38. The normalized spacial score (nSPS) is 10.2. The lowest BCUT2D eigenvalue weighted by atomic mass is 10.1. The Morgan fingerprint density at radius 3 is 2.50 bits per heavy atom. The van der Waals surface area contributed by atoms with Crippen molar-refractivity contribution in [3.63, 3.8) is 0 Å². The van der Waals surface area contributed by atoms with Gasteiger partial charge < -0.3 is 0 Å². The average molecular weight is 287 g/mol. The number of hydrogen-bond donors (Lipinski definition) is 0. The van der Waals surface area contributed by atoms with Gasteiger partial charge in [-0.05, 0) is 48.0 Å². The van der Waals surface area contributed by atoms with E-state index < -0.39 is 0 Å². The van der Waals surface area contributed by atoms with Crippen molar-refractivity contribution in [3.8, 4) is 11.1 Å². The number of carbonyl (C=O) groups is 1. The Morgan fingerprint density at radius 2 is 1.82 bits per heavy atom. The summed E-state index contributed by atoms with van der Waals surface area (Å²) < 4.78 is 0. The van der Waals surface area contributed by atoms with Gasteiger partial charge in [0.25, 0.3) is 0 Å². The number of carbonyl (C=O) groups excluding carboxylic acids is 1. The van der Waals surface area contributed by atoms with Gasteiger partial charge in [-0.3, -0.25) is 14.7 Å². The van der Waals surface area contributed by atoms with Crippen molar-refractivity contribution in [2.24, 2.45) is 0 Å². The molecule has 0 aliphatic carbocycles. The molecule has 0 bridgehead atoms. The molecule has 107 valence electrons. The molecule has 1 amide bonds. The van der Waals surface area contributed by atoms with Gasteiger partial charge in [-0.2, -0.15) is 0 Å². The minimum Gasteiger partial charge on any atom is -0.281 e. The summed E-state index contributed by atoms with van der Waals surface area (Å²) in [6, 6.07) is 22.3. The second kappa shape index (κ2) is 6.22. The lowest BCUT2D eigenvalue weighted by Gasteiger charge is -2.22. The van der Waals surface area contributed by atoms with Crippen LogP contribution in [0.3, 0.4) is 0 Å². The molecular weight excluding hydrogens is 272 g/mol. The third kappa shape index (κ3) is 2.88. The second-order valence-corrected chi connectivity index (χ2v) is 4.91. The molecule has 0 fully saturated rings. The fourth-order valence-electron chi connectivity index (χ4n) is 2.38. The number of pyridine rings is 1. The van der Waals surface area contributed by atoms with E-state index >= 15 is 0 Å². The zero-order valence-electron chi connectivity index (χ0n) is 12.2. The summed E-state index contributed by atoms with van der Waals surface area (Å²) in [5.41, 5.74) is 3.61. The van der Waals surface area contributed by atoms with Crippen molar-refractivity contribution >= 4 is 17.3 Å². The third-order valence-electron chi connectivity index (χ3n) is 3.36. The minimum absolute atomic E-state index is 0.0389. The van der Waals surface area contributed by atoms with Crippen LogP contribution in [-0.4, -0.2) is 10.9 Å². The predicted molar refractivity (Wildman–Crippen MR) is 87.8 cm³/mol. The molecule has 1 aromatic heterocycles. The Morgan fingerprint density at radius 1 is 1.00 bits per heavy atom. The van der Waals surface area contributed by atoms with E-state index in [0.29, 0.717) is 0 Å². The van der Waals surface area contributed by atoms with Gasteiger partial charge >= 0.3 is 0 Å². The second-order valence-electron chi connectivity index (χ2n) is 4.91. The number of benzene rings is 2. The topological polar surface area (TPSA) is 33.2 Å². The van der Waals surface area contributed by atoms with Crippen molar-refractivity contribution < 1.29 is 4.79 Å². The molecule has 0 saturated carbocycles. The molecular formula is C19H15N2O. The van der Waals surface area contributed by atoms with Gasteiger partial charge in [0.2, 0.25) is 5.91 Å². The molecule has 3 rings (SSSR count). The highest BCUT2D eigenvalue weighted by atomic mass is 16.2. The first kappa shape index (κ1) is 14.0. The van der Waals surface area contributed by atoms with E-state index in [1.54, 1.807) is 24.2 Å². The number of para-hydroxylation sites is 1. The highest BCUT2D eigenvalue weighted by Crippen LogP contribution is 2.29. The summed E-state index contributed by atoms with van der Waals surface area (Å²) in [5.74, 6) is -0.0389. The van der Waals surface area contributed by atoms with E-state index in [1.807, 2.05) is 60.7 Å². The molecule has 1 radical (unpaired) electrons. The fraction of sp³-hybridized carbons (Fsp3) is 0.0526. The molecule has 0 N–H and O–H groups in total. The van der Waals surface area contributed by atoms with Crippen LogP contribution in [0.1, 0.15) is 6.92 Å². The smallest absolute Gasteiger partial charge is 0.228 e. The molecule has 1 heterocycles. The summed E-state index contributed by atoms with van der Waals surface area (Å²) in [5, 5.41) is 0. The first-order chi connectivity index (χ1) is 10.8. The van der Waals surface area contributed by atoms with Crippen LogP contribution in [0.25, 0.3) is 11.1 Å². The maximum absolute atomic E-state index is 12.1. The molecule has 2 aromatic carbocycles. The zero-order valence-corrected chi connectivity index (χ0v) is 12.2. The molecule has 0 spiro atoms. The highest BCUT2D eigenvalue weighted by molar-refractivity contribution is 5.99. The van der Waals surface area contributed by atoms with Crippen LogP contribution in [0.2, 0.25) is 0 Å². The van der Waals surface area contributed by atoms with Crippen LogP contribution in [0.5, 0.6) is 0 Å². The van der Waals surface area contributed by atoms with Crippen LogP contribution in [-0.2, 0) is 4.79 Å². The Balaban J connectivity index is 2.05. The standard InChI is InChI=1S/C19H15N2O/c1-15(22)21(18-9-3-2-4-10-18)19-11-5-7-16(13-19)17-8-6-12-20-14-17/h2-4,6-14H,1H3. The Labute approximate surface area is 129 Å². The first-order valence-electron chi connectivity index (χ1n) is 7.03. The monoisotopic (exact) mass is 287 g/mol. The summed E-state index contributed by atoms with van der Waals surface area (Å²) in [7, 11) is 0. The number of nitrogens with zero attached hydrogens (tertiary/aromatic N) is 2. The molecule has 0 atom stereocenters. The molecule has 0 aliphatic heterocycles. The lowest BCUT2D eigenvalue weighted by Crippen LogP contribution is -2.22. The summed E-state index contributed by atoms with van der Waals surface area (Å²) in [6.45, 7) is 1.56. The molecule has 0 saturated heterocycles. The maximum atomic E-state index is 12.1. The van der Waals surface area contributed by atoms with E-state index in [2.05, 4.69) is 11.1 Å². The van der Waals surface area contributed by atoms with Gasteiger partial charge in [-0.1, -0.05) is 24.3 Å². The highest BCUT2D eigenvalue weighted by Gasteiger charge is 2.14. The Bertz CT molecular complexity index is 770. The molecule has 3 aromatic rings. The average Bonchev–Trinajstić information content (AvgIpc) is 2.57. The van der Waals surface area contributed by atoms with Crippen molar-refractivity contribution in [2.45, 2.75) is 6.92 Å². The van der Waals surface area contributed by atoms with Gasteiger partial charge in [0.15, 0.2) is 0 Å².